The van der Waals surface area contributed by atoms with Gasteiger partial charge in [0.2, 0.25) is 0 Å². The van der Waals surface area contributed by atoms with Gasteiger partial charge in [-0.25, -0.2) is 0 Å². The number of morpholine rings is 1. The zero-order valence-electron chi connectivity index (χ0n) is 15.1. The summed E-state index contributed by atoms with van der Waals surface area (Å²) in [5.74, 6) is 2.04. The Morgan fingerprint density at radius 1 is 1.12 bits per heavy atom. The second-order valence-corrected chi connectivity index (χ2v) is 8.01. The van der Waals surface area contributed by atoms with Crippen LogP contribution < -0.4 is 9.47 Å². The molecule has 1 saturated heterocycles. The summed E-state index contributed by atoms with van der Waals surface area (Å²) in [5, 5.41) is 0. The molecule has 6 heteroatoms. The summed E-state index contributed by atoms with van der Waals surface area (Å²) in [5.41, 5.74) is 1.04. The van der Waals surface area contributed by atoms with E-state index >= 15 is 0 Å². The van der Waals surface area contributed by atoms with Gasteiger partial charge in [0.05, 0.1) is 17.6 Å². The van der Waals surface area contributed by atoms with E-state index in [0.717, 1.165) is 26.8 Å². The van der Waals surface area contributed by atoms with Crippen LogP contribution >= 0.6 is 11.3 Å². The van der Waals surface area contributed by atoms with E-state index in [2.05, 4.69) is 13.8 Å². The van der Waals surface area contributed by atoms with Crippen LogP contribution in [-0.4, -0.2) is 49.8 Å². The molecule has 1 aromatic heterocycles. The lowest BCUT2D eigenvalue weighted by Crippen LogP contribution is -2.47. The second-order valence-electron chi connectivity index (χ2n) is 6.93. The molecule has 0 N–H and O–H groups in total. The lowest BCUT2D eigenvalue weighted by Gasteiger charge is -2.34. The molecule has 5 nitrogen and oxygen atoms in total. The van der Waals surface area contributed by atoms with Gasteiger partial charge in [-0.15, -0.1) is 11.3 Å². The maximum absolute atomic E-state index is 12.9. The van der Waals surface area contributed by atoms with E-state index in [1.807, 2.05) is 35.2 Å². The second kappa shape index (κ2) is 7.29. The molecule has 26 heavy (non-hydrogen) atoms. The number of ether oxygens (including phenoxy) is 3. The smallest absolute Gasteiger partial charge is 0.264 e. The number of fused-ring (bicyclic) bond motifs is 1. The first-order chi connectivity index (χ1) is 12.6. The first-order valence-electron chi connectivity index (χ1n) is 9.02. The summed E-state index contributed by atoms with van der Waals surface area (Å²) in [7, 11) is 0. The highest BCUT2D eigenvalue weighted by atomic mass is 32.1. The van der Waals surface area contributed by atoms with Crippen LogP contribution in [0.4, 0.5) is 0 Å². The third-order valence-electron chi connectivity index (χ3n) is 4.77. The molecule has 2 aromatic rings. The van der Waals surface area contributed by atoms with Crippen LogP contribution in [0.15, 0.2) is 30.3 Å². The summed E-state index contributed by atoms with van der Waals surface area (Å²) < 4.78 is 17.0. The Balaban J connectivity index is 1.51. The predicted molar refractivity (Wildman–Crippen MR) is 101 cm³/mol. The lowest BCUT2D eigenvalue weighted by atomic mass is 10.1. The molecule has 2 aliphatic rings. The highest BCUT2D eigenvalue weighted by Crippen LogP contribution is 2.37. The molecule has 0 bridgehead atoms. The van der Waals surface area contributed by atoms with Gasteiger partial charge >= 0.3 is 0 Å². The molecular weight excluding hydrogens is 350 g/mol. The highest BCUT2D eigenvalue weighted by molar-refractivity contribution is 7.17. The zero-order valence-corrected chi connectivity index (χ0v) is 15.9. The van der Waals surface area contributed by atoms with E-state index in [1.54, 1.807) is 0 Å². The molecule has 2 aliphatic heterocycles. The van der Waals surface area contributed by atoms with Crippen LogP contribution in [-0.2, 0) is 4.74 Å². The van der Waals surface area contributed by atoms with Gasteiger partial charge in [0.15, 0.2) is 11.5 Å². The fourth-order valence-corrected chi connectivity index (χ4v) is 4.19. The summed E-state index contributed by atoms with van der Waals surface area (Å²) in [6.07, 6.45) is 0.116. The highest BCUT2D eigenvalue weighted by Gasteiger charge is 2.27. The van der Waals surface area contributed by atoms with E-state index in [1.165, 1.54) is 11.3 Å². The molecule has 3 heterocycles. The predicted octanol–water partition coefficient (Wildman–Crippen LogP) is 3.68. The fourth-order valence-electron chi connectivity index (χ4n) is 3.22. The van der Waals surface area contributed by atoms with Gasteiger partial charge in [0.1, 0.15) is 13.2 Å². The normalized spacial score (nSPS) is 19.7. The Morgan fingerprint density at radius 2 is 1.92 bits per heavy atom. The third kappa shape index (κ3) is 3.44. The van der Waals surface area contributed by atoms with Crippen molar-refractivity contribution in [2.24, 2.45) is 5.92 Å². The first-order valence-corrected chi connectivity index (χ1v) is 9.84. The maximum Gasteiger partial charge on any atom is 0.264 e. The van der Waals surface area contributed by atoms with Gasteiger partial charge in [-0.1, -0.05) is 13.8 Å². The Bertz CT molecular complexity index is 801. The van der Waals surface area contributed by atoms with Crippen molar-refractivity contribution in [3.63, 3.8) is 0 Å². The van der Waals surface area contributed by atoms with Crippen LogP contribution in [0, 0.1) is 5.92 Å². The van der Waals surface area contributed by atoms with Gasteiger partial charge in [0, 0.05) is 18.0 Å². The topological polar surface area (TPSA) is 48.0 Å². The van der Waals surface area contributed by atoms with Crippen LogP contribution in [0.25, 0.3) is 10.4 Å². The van der Waals surface area contributed by atoms with Crippen LogP contribution in [0.2, 0.25) is 0 Å². The molecule has 0 radical (unpaired) electrons. The average Bonchev–Trinajstić information content (AvgIpc) is 3.17. The van der Waals surface area contributed by atoms with Gasteiger partial charge in [-0.2, -0.15) is 0 Å². The number of hydrogen-bond donors (Lipinski definition) is 0. The molecular formula is C20H23NO4S. The van der Waals surface area contributed by atoms with Crippen molar-refractivity contribution in [2.45, 2.75) is 20.0 Å². The number of nitrogens with zero attached hydrogens (tertiary/aromatic N) is 1. The standard InChI is InChI=1S/C20H23NO4S/c1-13(2)17-12-21(7-8-23-17)20(22)19-6-5-18(26-19)14-3-4-15-16(11-14)25-10-9-24-15/h3-6,11,13,17H,7-10,12H2,1-2H3/t17-/m1/s1. The molecule has 0 saturated carbocycles. The molecule has 1 atom stereocenters. The first kappa shape index (κ1) is 17.4. The number of hydrogen-bond acceptors (Lipinski definition) is 5. The Morgan fingerprint density at radius 3 is 2.73 bits per heavy atom. The number of benzene rings is 1. The largest absolute Gasteiger partial charge is 0.486 e. The van der Waals surface area contributed by atoms with E-state index in [9.17, 15) is 4.79 Å². The van der Waals surface area contributed by atoms with E-state index in [4.69, 9.17) is 14.2 Å². The minimum absolute atomic E-state index is 0.0905. The zero-order chi connectivity index (χ0) is 18.1. The summed E-state index contributed by atoms with van der Waals surface area (Å²) >= 11 is 1.52. The molecule has 1 amide bonds. The summed E-state index contributed by atoms with van der Waals surface area (Å²) in [6.45, 7) is 7.33. The average molecular weight is 373 g/mol. The molecule has 0 spiro atoms. The minimum atomic E-state index is 0.0905. The molecule has 1 aromatic carbocycles. The van der Waals surface area contributed by atoms with Gasteiger partial charge < -0.3 is 19.1 Å². The molecule has 0 aliphatic carbocycles. The van der Waals surface area contributed by atoms with Crippen molar-refractivity contribution in [1.29, 1.82) is 0 Å². The van der Waals surface area contributed by atoms with Gasteiger partial charge in [-0.3, -0.25) is 4.79 Å². The number of amides is 1. The molecule has 0 unspecified atom stereocenters. The Hall–Kier alpha value is -2.05. The van der Waals surface area contributed by atoms with Crippen molar-refractivity contribution in [3.8, 4) is 21.9 Å². The molecule has 138 valence electrons. The SMILES string of the molecule is CC(C)[C@H]1CN(C(=O)c2ccc(-c3ccc4c(c3)OCCO4)s2)CCO1. The quantitative estimate of drug-likeness (QED) is 0.823. The van der Waals surface area contributed by atoms with Crippen LogP contribution in [0.1, 0.15) is 23.5 Å². The third-order valence-corrected chi connectivity index (χ3v) is 5.89. The number of rotatable bonds is 3. The number of thiophene rings is 1. The van der Waals surface area contributed by atoms with Gasteiger partial charge in [-0.05, 0) is 41.8 Å². The number of carbonyl (C=O) groups excluding carboxylic acids is 1. The van der Waals surface area contributed by atoms with Crippen molar-refractivity contribution in [1.82, 2.24) is 4.90 Å². The van der Waals surface area contributed by atoms with Crippen LogP contribution in [0.5, 0.6) is 11.5 Å². The Labute approximate surface area is 157 Å². The Kier molecular flexibility index (Phi) is 4.87. The fraction of sp³-hybridized carbons (Fsp3) is 0.450. The monoisotopic (exact) mass is 373 g/mol. The van der Waals surface area contributed by atoms with Crippen molar-refractivity contribution in [2.75, 3.05) is 32.9 Å². The minimum Gasteiger partial charge on any atom is -0.486 e. The van der Waals surface area contributed by atoms with Gasteiger partial charge in [0.25, 0.3) is 5.91 Å². The van der Waals surface area contributed by atoms with Crippen molar-refractivity contribution >= 4 is 17.2 Å². The lowest BCUT2D eigenvalue weighted by molar-refractivity contribution is -0.0419. The summed E-state index contributed by atoms with van der Waals surface area (Å²) in [6, 6.07) is 9.85. The van der Waals surface area contributed by atoms with E-state index < -0.39 is 0 Å². The molecule has 1 fully saturated rings. The van der Waals surface area contributed by atoms with Crippen molar-refractivity contribution < 1.29 is 19.0 Å². The maximum atomic E-state index is 12.9. The van der Waals surface area contributed by atoms with E-state index in [0.29, 0.717) is 38.8 Å². The summed E-state index contributed by atoms with van der Waals surface area (Å²) in [4.78, 5) is 16.6. The van der Waals surface area contributed by atoms with Crippen LogP contribution in [0.3, 0.4) is 0 Å². The van der Waals surface area contributed by atoms with E-state index in [-0.39, 0.29) is 12.0 Å². The van der Waals surface area contributed by atoms with Crippen molar-refractivity contribution in [3.05, 3.63) is 35.2 Å². The number of carbonyl (C=O) groups is 1. The molecule has 4 rings (SSSR count).